The van der Waals surface area contributed by atoms with Crippen molar-refractivity contribution in [2.45, 2.75) is 12.4 Å². The summed E-state index contributed by atoms with van der Waals surface area (Å²) in [6, 6.07) is 10.3. The molecule has 2 rings (SSSR count). The minimum Gasteiger partial charge on any atom is -0.493 e. The van der Waals surface area contributed by atoms with Gasteiger partial charge in [-0.15, -0.1) is 6.58 Å². The fourth-order valence-electron chi connectivity index (χ4n) is 2.41. The van der Waals surface area contributed by atoms with E-state index in [2.05, 4.69) is 21.4 Å². The van der Waals surface area contributed by atoms with E-state index in [1.54, 1.807) is 0 Å². The molecule has 7 nitrogen and oxygen atoms in total. The monoisotopic (exact) mass is 426 g/mol. The molecular weight excluding hydrogens is 406 g/mol. The maximum absolute atomic E-state index is 12.7. The summed E-state index contributed by atoms with van der Waals surface area (Å²) in [7, 11) is -2.24. The van der Waals surface area contributed by atoms with Gasteiger partial charge in [0.25, 0.3) is 5.91 Å². The van der Waals surface area contributed by atoms with Crippen molar-refractivity contribution in [2.24, 2.45) is 0 Å². The number of amides is 1. The lowest BCUT2D eigenvalue weighted by atomic mass is 10.1. The largest absolute Gasteiger partial charge is 0.493 e. The molecule has 0 saturated carbocycles. The molecule has 0 aliphatic carbocycles. The summed E-state index contributed by atoms with van der Waals surface area (Å²) < 4.78 is 60.9. The topological polar surface area (TPSA) is 93.7 Å². The predicted molar refractivity (Wildman–Crippen MR) is 105 cm³/mol. The second kappa shape index (κ2) is 9.99. The maximum atomic E-state index is 12.7. The number of nitrogens with one attached hydrogen (secondary N) is 2. The average molecular weight is 426 g/mol. The number of anilines is 1. The first kappa shape index (κ1) is 22.3. The molecule has 0 bridgehead atoms. The van der Waals surface area contributed by atoms with E-state index in [1.165, 1.54) is 55.7 Å². The highest BCUT2D eigenvalue weighted by molar-refractivity contribution is 7.88. The average Bonchev–Trinajstić information content (AvgIpc) is 2.67. The van der Waals surface area contributed by atoms with Crippen molar-refractivity contribution in [3.8, 4) is 11.5 Å². The quantitative estimate of drug-likeness (QED) is 0.570. The first-order valence-corrected chi connectivity index (χ1v) is 10.0. The smallest absolute Gasteiger partial charge is 0.387 e. The molecule has 2 N–H and O–H groups in total. The van der Waals surface area contributed by atoms with E-state index < -0.39 is 22.5 Å². The Morgan fingerprint density at radius 2 is 1.90 bits per heavy atom. The molecule has 0 atom stereocenters. The number of hydrogen-bond donors (Lipinski definition) is 2. The number of para-hydroxylation sites is 1. The minimum atomic E-state index is -3.51. The van der Waals surface area contributed by atoms with E-state index in [1.807, 2.05) is 0 Å². The number of benzene rings is 2. The molecular formula is C19H20F2N2O5S. The van der Waals surface area contributed by atoms with Gasteiger partial charge in [-0.3, -0.25) is 4.79 Å². The standard InChI is InChI=1S/C19H20F2N2O5S/c1-3-11-22-29(25,26)12-13-7-9-14(10-8-13)23-18(24)15-5-4-6-16(27-2)17(15)28-19(20)21/h3-10,19,22H,1,11-12H2,2H3,(H,23,24). The van der Waals surface area contributed by atoms with Gasteiger partial charge in [0, 0.05) is 12.2 Å². The first-order chi connectivity index (χ1) is 13.8. The number of sulfonamides is 1. The fourth-order valence-corrected chi connectivity index (χ4v) is 3.51. The third-order valence-electron chi connectivity index (χ3n) is 3.67. The Hall–Kier alpha value is -2.98. The second-order valence-corrected chi connectivity index (χ2v) is 7.57. The highest BCUT2D eigenvalue weighted by Crippen LogP contribution is 2.33. The van der Waals surface area contributed by atoms with E-state index in [-0.39, 0.29) is 29.4 Å². The van der Waals surface area contributed by atoms with Gasteiger partial charge in [-0.2, -0.15) is 8.78 Å². The van der Waals surface area contributed by atoms with Gasteiger partial charge in [0.2, 0.25) is 10.0 Å². The zero-order chi connectivity index (χ0) is 21.4. The summed E-state index contributed by atoms with van der Waals surface area (Å²) in [5.74, 6) is -1.31. The molecule has 29 heavy (non-hydrogen) atoms. The molecule has 0 heterocycles. The van der Waals surface area contributed by atoms with Crippen molar-refractivity contribution < 1.29 is 31.5 Å². The molecule has 0 unspecified atom stereocenters. The second-order valence-electron chi connectivity index (χ2n) is 5.76. The molecule has 10 heteroatoms. The number of carbonyl (C=O) groups excluding carboxylic acids is 1. The van der Waals surface area contributed by atoms with Crippen LogP contribution >= 0.6 is 0 Å². The summed E-state index contributed by atoms with van der Waals surface area (Å²) in [4.78, 5) is 12.5. The van der Waals surface area contributed by atoms with Crippen LogP contribution in [0.1, 0.15) is 15.9 Å². The van der Waals surface area contributed by atoms with Crippen LogP contribution in [-0.4, -0.2) is 34.6 Å². The molecule has 2 aromatic rings. The Kier molecular flexibility index (Phi) is 7.68. The zero-order valence-electron chi connectivity index (χ0n) is 15.5. The third-order valence-corrected chi connectivity index (χ3v) is 4.99. The number of halogens is 2. The third kappa shape index (κ3) is 6.54. The Bertz CT molecular complexity index is 963. The van der Waals surface area contributed by atoms with E-state index >= 15 is 0 Å². The van der Waals surface area contributed by atoms with Gasteiger partial charge in [-0.25, -0.2) is 13.1 Å². The van der Waals surface area contributed by atoms with E-state index in [0.29, 0.717) is 11.3 Å². The van der Waals surface area contributed by atoms with Crippen molar-refractivity contribution in [3.63, 3.8) is 0 Å². The number of carbonyl (C=O) groups is 1. The SMILES string of the molecule is C=CCNS(=O)(=O)Cc1ccc(NC(=O)c2cccc(OC)c2OC(F)F)cc1. The summed E-state index contributed by atoms with van der Waals surface area (Å²) in [6.07, 6.45) is 1.43. The van der Waals surface area contributed by atoms with Gasteiger partial charge >= 0.3 is 6.61 Å². The maximum Gasteiger partial charge on any atom is 0.387 e. The lowest BCUT2D eigenvalue weighted by molar-refractivity contribution is -0.0515. The van der Waals surface area contributed by atoms with Gasteiger partial charge in [-0.1, -0.05) is 24.3 Å². The first-order valence-electron chi connectivity index (χ1n) is 8.36. The van der Waals surface area contributed by atoms with Crippen molar-refractivity contribution in [1.29, 1.82) is 0 Å². The van der Waals surface area contributed by atoms with Crippen LogP contribution in [0.2, 0.25) is 0 Å². The van der Waals surface area contributed by atoms with Gasteiger partial charge in [-0.05, 0) is 29.8 Å². The van der Waals surface area contributed by atoms with E-state index in [0.717, 1.165) is 0 Å². The van der Waals surface area contributed by atoms with Crippen LogP contribution in [0, 0.1) is 0 Å². The van der Waals surface area contributed by atoms with Crippen LogP contribution in [0.15, 0.2) is 55.1 Å². The lowest BCUT2D eigenvalue weighted by Crippen LogP contribution is -2.25. The highest BCUT2D eigenvalue weighted by atomic mass is 32.2. The van der Waals surface area contributed by atoms with E-state index in [4.69, 9.17) is 4.74 Å². The molecule has 1 amide bonds. The number of alkyl halides is 2. The zero-order valence-corrected chi connectivity index (χ0v) is 16.3. The number of rotatable bonds is 10. The van der Waals surface area contributed by atoms with Gasteiger partial charge < -0.3 is 14.8 Å². The molecule has 0 aromatic heterocycles. The normalized spacial score (nSPS) is 11.2. The fraction of sp³-hybridized carbons (Fsp3) is 0.211. The molecule has 0 aliphatic rings. The Labute approximate surface area is 167 Å². The summed E-state index contributed by atoms with van der Waals surface area (Å²) >= 11 is 0. The minimum absolute atomic E-state index is 0.00877. The van der Waals surface area contributed by atoms with Crippen molar-refractivity contribution >= 4 is 21.6 Å². The van der Waals surface area contributed by atoms with Crippen molar-refractivity contribution in [2.75, 3.05) is 19.0 Å². The molecule has 156 valence electrons. The van der Waals surface area contributed by atoms with Gasteiger partial charge in [0.05, 0.1) is 18.4 Å². The van der Waals surface area contributed by atoms with Gasteiger partial charge in [0.15, 0.2) is 11.5 Å². The Morgan fingerprint density at radius 3 is 2.48 bits per heavy atom. The molecule has 0 spiro atoms. The van der Waals surface area contributed by atoms with Gasteiger partial charge in [0.1, 0.15) is 0 Å². The summed E-state index contributed by atoms with van der Waals surface area (Å²) in [5.41, 5.74) is 0.716. The van der Waals surface area contributed by atoms with Crippen LogP contribution in [0.4, 0.5) is 14.5 Å². The van der Waals surface area contributed by atoms with Crippen molar-refractivity contribution in [3.05, 3.63) is 66.2 Å². The van der Waals surface area contributed by atoms with Crippen LogP contribution in [0.25, 0.3) is 0 Å². The van der Waals surface area contributed by atoms with Crippen LogP contribution in [0.3, 0.4) is 0 Å². The molecule has 0 aliphatic heterocycles. The van der Waals surface area contributed by atoms with E-state index in [9.17, 15) is 22.0 Å². The highest BCUT2D eigenvalue weighted by Gasteiger charge is 2.20. The molecule has 0 radical (unpaired) electrons. The summed E-state index contributed by atoms with van der Waals surface area (Å²) in [6.45, 7) is 0.436. The predicted octanol–water partition coefficient (Wildman–Crippen LogP) is 3.15. The number of hydrogen-bond acceptors (Lipinski definition) is 5. The lowest BCUT2D eigenvalue weighted by Gasteiger charge is -2.14. The number of methoxy groups -OCH3 is 1. The molecule has 2 aromatic carbocycles. The Balaban J connectivity index is 2.15. The van der Waals surface area contributed by atoms with Crippen LogP contribution in [-0.2, 0) is 15.8 Å². The summed E-state index contributed by atoms with van der Waals surface area (Å²) in [5, 5.41) is 2.55. The number of ether oxygens (including phenoxy) is 2. The van der Waals surface area contributed by atoms with Crippen LogP contribution in [0.5, 0.6) is 11.5 Å². The molecule has 0 saturated heterocycles. The van der Waals surface area contributed by atoms with Crippen LogP contribution < -0.4 is 19.5 Å². The van der Waals surface area contributed by atoms with Crippen molar-refractivity contribution in [1.82, 2.24) is 4.72 Å². The Morgan fingerprint density at radius 1 is 1.21 bits per heavy atom. The molecule has 0 fully saturated rings.